The maximum atomic E-state index is 5.75. The molecule has 1 aliphatic rings. The lowest BCUT2D eigenvalue weighted by Crippen LogP contribution is -2.44. The zero-order valence-corrected chi connectivity index (χ0v) is 16.1. The largest absolute Gasteiger partial charge is 0.347 e. The summed E-state index contributed by atoms with van der Waals surface area (Å²) in [5, 5.41) is 6.28. The molecule has 0 fully saturated rings. The van der Waals surface area contributed by atoms with Crippen LogP contribution in [-0.4, -0.2) is 21.1 Å². The summed E-state index contributed by atoms with van der Waals surface area (Å²) in [6.45, 7) is 1.84. The van der Waals surface area contributed by atoms with E-state index in [2.05, 4.69) is 66.6 Å². The lowest BCUT2D eigenvalue weighted by Gasteiger charge is -2.38. The van der Waals surface area contributed by atoms with Crippen molar-refractivity contribution in [2.45, 2.75) is 12.6 Å². The van der Waals surface area contributed by atoms with Gasteiger partial charge in [0.25, 0.3) is 0 Å². The average molecular weight is 418 g/mol. The first-order valence-corrected chi connectivity index (χ1v) is 9.82. The van der Waals surface area contributed by atoms with E-state index in [1.807, 2.05) is 24.3 Å². The van der Waals surface area contributed by atoms with Gasteiger partial charge in [0.1, 0.15) is 6.04 Å². The Morgan fingerprint density at radius 3 is 2.88 bits per heavy atom. The minimum absolute atomic E-state index is 0.168. The van der Waals surface area contributed by atoms with Gasteiger partial charge in [-0.05, 0) is 54.0 Å². The molecule has 24 heavy (non-hydrogen) atoms. The van der Waals surface area contributed by atoms with Gasteiger partial charge in [-0.15, -0.1) is 11.3 Å². The van der Waals surface area contributed by atoms with E-state index in [0.717, 1.165) is 28.4 Å². The minimum atomic E-state index is 0.168. The van der Waals surface area contributed by atoms with Crippen LogP contribution in [0.15, 0.2) is 64.6 Å². The Morgan fingerprint density at radius 2 is 2.08 bits per heavy atom. The third kappa shape index (κ3) is 3.01. The monoisotopic (exact) mass is 417 g/mol. The van der Waals surface area contributed by atoms with Crippen LogP contribution in [0.25, 0.3) is 0 Å². The molecule has 2 aromatic heterocycles. The van der Waals surface area contributed by atoms with Gasteiger partial charge in [0.15, 0.2) is 5.11 Å². The fraction of sp³-hybridized carbons (Fsp3) is 0.167. The number of hydrogen-bond acceptors (Lipinski definition) is 2. The van der Waals surface area contributed by atoms with Crippen LogP contribution in [0.3, 0.4) is 0 Å². The van der Waals surface area contributed by atoms with Gasteiger partial charge in [-0.3, -0.25) is 0 Å². The second-order valence-corrected chi connectivity index (χ2v) is 7.96. The Balaban J connectivity index is 1.65. The summed E-state index contributed by atoms with van der Waals surface area (Å²) in [5.74, 6) is 0. The van der Waals surface area contributed by atoms with Crippen LogP contribution in [0, 0.1) is 0 Å². The highest BCUT2D eigenvalue weighted by atomic mass is 79.9. The van der Waals surface area contributed by atoms with Gasteiger partial charge < -0.3 is 14.8 Å². The van der Waals surface area contributed by atoms with Gasteiger partial charge >= 0.3 is 0 Å². The summed E-state index contributed by atoms with van der Waals surface area (Å²) in [6.07, 6.45) is 2.15. The van der Waals surface area contributed by atoms with Crippen molar-refractivity contribution in [3.05, 3.63) is 75.2 Å². The second kappa shape index (κ2) is 6.70. The van der Waals surface area contributed by atoms with Gasteiger partial charge in [-0.1, -0.05) is 28.1 Å². The van der Waals surface area contributed by atoms with Crippen LogP contribution in [0.2, 0.25) is 0 Å². The number of thiocarbonyl (C=S) groups is 1. The fourth-order valence-corrected chi connectivity index (χ4v) is 4.67. The molecule has 1 N–H and O–H groups in total. The van der Waals surface area contributed by atoms with Crippen molar-refractivity contribution >= 4 is 50.3 Å². The molecule has 1 aliphatic heterocycles. The molecule has 6 heteroatoms. The first kappa shape index (κ1) is 15.9. The average Bonchev–Trinajstić information content (AvgIpc) is 3.25. The van der Waals surface area contributed by atoms with E-state index in [1.165, 1.54) is 10.6 Å². The maximum absolute atomic E-state index is 5.75. The summed E-state index contributed by atoms with van der Waals surface area (Å²) < 4.78 is 3.36. The molecule has 0 radical (unpaired) electrons. The number of benzene rings is 1. The molecular weight excluding hydrogens is 402 g/mol. The molecule has 0 saturated carbocycles. The summed E-state index contributed by atoms with van der Waals surface area (Å²) in [7, 11) is 0. The molecule has 1 aromatic carbocycles. The number of halogens is 1. The summed E-state index contributed by atoms with van der Waals surface area (Å²) >= 11 is 11.0. The fourth-order valence-electron chi connectivity index (χ4n) is 3.11. The Kier molecular flexibility index (Phi) is 4.43. The summed E-state index contributed by atoms with van der Waals surface area (Å²) in [5.41, 5.74) is 2.29. The van der Waals surface area contributed by atoms with E-state index in [0.29, 0.717) is 0 Å². The lowest BCUT2D eigenvalue weighted by atomic mass is 10.1. The van der Waals surface area contributed by atoms with E-state index >= 15 is 0 Å². The van der Waals surface area contributed by atoms with Crippen molar-refractivity contribution in [1.29, 1.82) is 0 Å². The first-order valence-electron chi connectivity index (χ1n) is 7.74. The van der Waals surface area contributed by atoms with Crippen LogP contribution >= 0.6 is 39.5 Å². The number of anilines is 1. The zero-order valence-electron chi connectivity index (χ0n) is 12.9. The van der Waals surface area contributed by atoms with Crippen LogP contribution in [-0.2, 0) is 6.54 Å². The number of aromatic nitrogens is 1. The van der Waals surface area contributed by atoms with Crippen molar-refractivity contribution in [2.75, 3.05) is 11.9 Å². The molecular formula is C18H16BrN3S2. The number of hydrogen-bond donors (Lipinski definition) is 1. The summed E-state index contributed by atoms with van der Waals surface area (Å²) in [6, 6.07) is 16.9. The van der Waals surface area contributed by atoms with Crippen molar-refractivity contribution < 1.29 is 0 Å². The maximum Gasteiger partial charge on any atom is 0.174 e. The zero-order chi connectivity index (χ0) is 16.5. The Labute approximate surface area is 159 Å². The molecule has 0 bridgehead atoms. The molecule has 1 unspecified atom stereocenters. The van der Waals surface area contributed by atoms with Gasteiger partial charge in [-0.2, -0.15) is 0 Å². The van der Waals surface area contributed by atoms with E-state index < -0.39 is 0 Å². The topological polar surface area (TPSA) is 20.2 Å². The quantitative estimate of drug-likeness (QED) is 0.584. The highest BCUT2D eigenvalue weighted by molar-refractivity contribution is 9.10. The number of nitrogens with one attached hydrogen (secondary N) is 1. The van der Waals surface area contributed by atoms with Crippen LogP contribution in [0.1, 0.15) is 16.6 Å². The Bertz CT molecular complexity index is 857. The SMILES string of the molecule is S=C(Nc1cccc(Br)c1)N1CCn2cccc2C1c1cccs1. The standard InChI is InChI=1S/C18H16BrN3S2/c19-13-4-1-5-14(12-13)20-18(23)22-10-9-21-8-2-6-15(21)17(22)16-7-3-11-24-16/h1-8,11-12,17H,9-10H2,(H,20,23). The molecule has 122 valence electrons. The van der Waals surface area contributed by atoms with Gasteiger partial charge in [0.05, 0.1) is 0 Å². The third-order valence-corrected chi connectivity index (χ3v) is 5.94. The number of thiophene rings is 1. The molecule has 4 rings (SSSR count). The molecule has 3 nitrogen and oxygen atoms in total. The number of rotatable bonds is 2. The smallest absolute Gasteiger partial charge is 0.174 e. The van der Waals surface area contributed by atoms with E-state index in [1.54, 1.807) is 11.3 Å². The first-order chi connectivity index (χ1) is 11.7. The van der Waals surface area contributed by atoms with Gasteiger partial charge in [-0.25, -0.2) is 0 Å². The Hall–Kier alpha value is -1.63. The molecule has 0 saturated heterocycles. The molecule has 1 atom stereocenters. The van der Waals surface area contributed by atoms with Gasteiger partial charge in [0, 0.05) is 40.0 Å². The lowest BCUT2D eigenvalue weighted by molar-refractivity contribution is 0.297. The van der Waals surface area contributed by atoms with E-state index in [9.17, 15) is 0 Å². The predicted molar refractivity (Wildman–Crippen MR) is 108 cm³/mol. The number of nitrogens with zero attached hydrogens (tertiary/aromatic N) is 2. The second-order valence-electron chi connectivity index (χ2n) is 5.68. The molecule has 3 aromatic rings. The highest BCUT2D eigenvalue weighted by Gasteiger charge is 2.31. The van der Waals surface area contributed by atoms with Crippen LogP contribution < -0.4 is 5.32 Å². The van der Waals surface area contributed by atoms with Crippen molar-refractivity contribution in [2.24, 2.45) is 0 Å². The molecule has 0 aliphatic carbocycles. The Morgan fingerprint density at radius 1 is 1.17 bits per heavy atom. The third-order valence-electron chi connectivity index (χ3n) is 4.19. The minimum Gasteiger partial charge on any atom is -0.347 e. The summed E-state index contributed by atoms with van der Waals surface area (Å²) in [4.78, 5) is 3.60. The number of fused-ring (bicyclic) bond motifs is 1. The van der Waals surface area contributed by atoms with Crippen LogP contribution in [0.4, 0.5) is 5.69 Å². The van der Waals surface area contributed by atoms with E-state index in [-0.39, 0.29) is 6.04 Å². The van der Waals surface area contributed by atoms with Crippen molar-refractivity contribution in [3.8, 4) is 0 Å². The molecule has 0 amide bonds. The normalized spacial score (nSPS) is 16.7. The van der Waals surface area contributed by atoms with Crippen LogP contribution in [0.5, 0.6) is 0 Å². The van der Waals surface area contributed by atoms with E-state index in [4.69, 9.17) is 12.2 Å². The molecule has 3 heterocycles. The highest BCUT2D eigenvalue weighted by Crippen LogP contribution is 2.35. The van der Waals surface area contributed by atoms with Crippen molar-refractivity contribution in [1.82, 2.24) is 9.47 Å². The van der Waals surface area contributed by atoms with Gasteiger partial charge in [0.2, 0.25) is 0 Å². The van der Waals surface area contributed by atoms with Crippen molar-refractivity contribution in [3.63, 3.8) is 0 Å². The molecule has 0 spiro atoms. The predicted octanol–water partition coefficient (Wildman–Crippen LogP) is 5.11.